The van der Waals surface area contributed by atoms with Gasteiger partial charge in [-0.1, -0.05) is 36.4 Å². The largest absolute Gasteiger partial charge is 0.481 e. The van der Waals surface area contributed by atoms with Crippen molar-refractivity contribution >= 4 is 23.2 Å². The molecule has 3 rings (SSSR count). The molecule has 0 aromatic heterocycles. The smallest absolute Gasteiger partial charge is 0.265 e. The van der Waals surface area contributed by atoms with Crippen LogP contribution in [0.3, 0.4) is 0 Å². The molecule has 1 atom stereocenters. The molecule has 142 valence electrons. The number of hydrogen-bond acceptors (Lipinski definition) is 3. The van der Waals surface area contributed by atoms with Crippen LogP contribution in [-0.2, 0) is 4.79 Å². The molecule has 28 heavy (non-hydrogen) atoms. The molecule has 0 bridgehead atoms. The van der Waals surface area contributed by atoms with E-state index >= 15 is 0 Å². The first-order valence-corrected chi connectivity index (χ1v) is 9.02. The van der Waals surface area contributed by atoms with Gasteiger partial charge in [-0.05, 0) is 61.9 Å². The first-order valence-electron chi connectivity index (χ1n) is 9.02. The standard InChI is InChI=1S/C23H22N2O3/c1-16-8-6-7-11-21(16)25-23(27)18-12-14-20(15-13-18)28-17(2)22(26)24-19-9-4-3-5-10-19/h3-15,17H,1-2H3,(H,24,26)(H,25,27). The summed E-state index contributed by atoms with van der Waals surface area (Å²) in [6.07, 6.45) is -0.674. The first kappa shape index (κ1) is 19.2. The minimum absolute atomic E-state index is 0.198. The van der Waals surface area contributed by atoms with E-state index in [4.69, 9.17) is 4.74 Å². The molecular formula is C23H22N2O3. The zero-order valence-corrected chi connectivity index (χ0v) is 15.8. The van der Waals surface area contributed by atoms with Crippen LogP contribution in [0.4, 0.5) is 11.4 Å². The van der Waals surface area contributed by atoms with Crippen LogP contribution in [0, 0.1) is 6.92 Å². The molecule has 0 spiro atoms. The van der Waals surface area contributed by atoms with Gasteiger partial charge in [-0.3, -0.25) is 9.59 Å². The normalized spacial score (nSPS) is 11.4. The van der Waals surface area contributed by atoms with Gasteiger partial charge in [0.15, 0.2) is 6.10 Å². The Labute approximate surface area is 164 Å². The Balaban J connectivity index is 1.58. The molecule has 0 aliphatic carbocycles. The first-order chi connectivity index (χ1) is 13.5. The molecule has 0 radical (unpaired) electrons. The van der Waals surface area contributed by atoms with E-state index in [9.17, 15) is 9.59 Å². The molecule has 5 nitrogen and oxygen atoms in total. The van der Waals surface area contributed by atoms with Crippen molar-refractivity contribution < 1.29 is 14.3 Å². The molecule has 0 saturated heterocycles. The van der Waals surface area contributed by atoms with Crippen LogP contribution >= 0.6 is 0 Å². The average Bonchev–Trinajstić information content (AvgIpc) is 2.71. The van der Waals surface area contributed by atoms with Crippen molar-refractivity contribution in [2.75, 3.05) is 10.6 Å². The third-order valence-electron chi connectivity index (χ3n) is 4.23. The molecule has 0 fully saturated rings. The van der Waals surface area contributed by atoms with E-state index in [-0.39, 0.29) is 11.8 Å². The van der Waals surface area contributed by atoms with Gasteiger partial charge in [-0.2, -0.15) is 0 Å². The number of rotatable bonds is 6. The maximum atomic E-state index is 12.4. The quantitative estimate of drug-likeness (QED) is 0.660. The second kappa shape index (κ2) is 8.86. The Morgan fingerprint density at radius 1 is 0.821 bits per heavy atom. The molecule has 3 aromatic rings. The number of aryl methyl sites for hydroxylation is 1. The van der Waals surface area contributed by atoms with Crippen LogP contribution in [0.1, 0.15) is 22.8 Å². The van der Waals surface area contributed by atoms with Gasteiger partial charge in [-0.25, -0.2) is 0 Å². The van der Waals surface area contributed by atoms with E-state index in [1.165, 1.54) is 0 Å². The fourth-order valence-corrected chi connectivity index (χ4v) is 2.62. The Hall–Kier alpha value is -3.60. The van der Waals surface area contributed by atoms with Gasteiger partial charge in [0.05, 0.1) is 0 Å². The number of amides is 2. The van der Waals surface area contributed by atoms with Crippen LogP contribution < -0.4 is 15.4 Å². The SMILES string of the molecule is Cc1ccccc1NC(=O)c1ccc(OC(C)C(=O)Nc2ccccc2)cc1. The number of ether oxygens (including phenoxy) is 1. The highest BCUT2D eigenvalue weighted by Gasteiger charge is 2.15. The molecule has 0 aliphatic rings. The Morgan fingerprint density at radius 2 is 1.46 bits per heavy atom. The van der Waals surface area contributed by atoms with Crippen LogP contribution in [0.5, 0.6) is 5.75 Å². The summed E-state index contributed by atoms with van der Waals surface area (Å²) in [5.41, 5.74) is 3.00. The Morgan fingerprint density at radius 3 is 2.14 bits per heavy atom. The molecule has 0 saturated carbocycles. The lowest BCUT2D eigenvalue weighted by atomic mass is 10.1. The van der Waals surface area contributed by atoms with Gasteiger partial charge in [-0.15, -0.1) is 0 Å². The third kappa shape index (κ3) is 4.98. The van der Waals surface area contributed by atoms with Gasteiger partial charge in [0.1, 0.15) is 5.75 Å². The average molecular weight is 374 g/mol. The summed E-state index contributed by atoms with van der Waals surface area (Å²) in [6, 6.07) is 23.5. The molecule has 0 heterocycles. The van der Waals surface area contributed by atoms with Crippen molar-refractivity contribution in [2.24, 2.45) is 0 Å². The van der Waals surface area contributed by atoms with Gasteiger partial charge in [0.25, 0.3) is 11.8 Å². The number of hydrogen-bond donors (Lipinski definition) is 2. The van der Waals surface area contributed by atoms with E-state index in [1.54, 1.807) is 31.2 Å². The van der Waals surface area contributed by atoms with Crippen LogP contribution in [-0.4, -0.2) is 17.9 Å². The van der Waals surface area contributed by atoms with Gasteiger partial charge in [0.2, 0.25) is 0 Å². The molecular weight excluding hydrogens is 352 g/mol. The molecule has 3 aromatic carbocycles. The minimum atomic E-state index is -0.674. The van der Waals surface area contributed by atoms with Crippen LogP contribution in [0.15, 0.2) is 78.9 Å². The zero-order chi connectivity index (χ0) is 19.9. The topological polar surface area (TPSA) is 67.4 Å². The molecule has 5 heteroatoms. The zero-order valence-electron chi connectivity index (χ0n) is 15.8. The summed E-state index contributed by atoms with van der Waals surface area (Å²) in [4.78, 5) is 24.6. The maximum Gasteiger partial charge on any atom is 0.265 e. The highest BCUT2D eigenvalue weighted by molar-refractivity contribution is 6.04. The summed E-state index contributed by atoms with van der Waals surface area (Å²) in [6.45, 7) is 3.62. The molecule has 1 unspecified atom stereocenters. The van der Waals surface area contributed by atoms with E-state index in [0.717, 1.165) is 11.3 Å². The van der Waals surface area contributed by atoms with E-state index in [2.05, 4.69) is 10.6 Å². The predicted octanol–water partition coefficient (Wildman–Crippen LogP) is 4.65. The van der Waals surface area contributed by atoms with E-state index in [1.807, 2.05) is 61.5 Å². The lowest BCUT2D eigenvalue weighted by Gasteiger charge is -2.15. The maximum absolute atomic E-state index is 12.4. The highest BCUT2D eigenvalue weighted by atomic mass is 16.5. The lowest BCUT2D eigenvalue weighted by molar-refractivity contribution is -0.122. The van der Waals surface area contributed by atoms with Crippen molar-refractivity contribution in [1.29, 1.82) is 0 Å². The predicted molar refractivity (Wildman–Crippen MR) is 111 cm³/mol. The van der Waals surface area contributed by atoms with Crippen molar-refractivity contribution in [1.82, 2.24) is 0 Å². The number of carbonyl (C=O) groups excluding carboxylic acids is 2. The number of benzene rings is 3. The summed E-state index contributed by atoms with van der Waals surface area (Å²) in [5, 5.41) is 5.68. The number of para-hydroxylation sites is 2. The fraction of sp³-hybridized carbons (Fsp3) is 0.130. The highest BCUT2D eigenvalue weighted by Crippen LogP contribution is 2.18. The molecule has 2 amide bonds. The van der Waals surface area contributed by atoms with Gasteiger partial charge < -0.3 is 15.4 Å². The third-order valence-corrected chi connectivity index (χ3v) is 4.23. The Kier molecular flexibility index (Phi) is 6.07. The summed E-state index contributed by atoms with van der Waals surface area (Å²) in [7, 11) is 0. The second-order valence-corrected chi connectivity index (χ2v) is 6.41. The summed E-state index contributed by atoms with van der Waals surface area (Å²) in [5.74, 6) is 0.0754. The summed E-state index contributed by atoms with van der Waals surface area (Å²) >= 11 is 0. The van der Waals surface area contributed by atoms with E-state index in [0.29, 0.717) is 17.0 Å². The van der Waals surface area contributed by atoms with Gasteiger partial charge in [0, 0.05) is 16.9 Å². The van der Waals surface area contributed by atoms with Crippen molar-refractivity contribution in [2.45, 2.75) is 20.0 Å². The number of carbonyl (C=O) groups is 2. The van der Waals surface area contributed by atoms with Crippen molar-refractivity contribution in [3.05, 3.63) is 90.0 Å². The van der Waals surface area contributed by atoms with Crippen LogP contribution in [0.25, 0.3) is 0 Å². The second-order valence-electron chi connectivity index (χ2n) is 6.41. The Bertz CT molecular complexity index is 953. The summed E-state index contributed by atoms with van der Waals surface area (Å²) < 4.78 is 5.68. The number of anilines is 2. The fourth-order valence-electron chi connectivity index (χ4n) is 2.62. The van der Waals surface area contributed by atoms with Crippen LogP contribution in [0.2, 0.25) is 0 Å². The molecule has 0 aliphatic heterocycles. The minimum Gasteiger partial charge on any atom is -0.481 e. The monoisotopic (exact) mass is 374 g/mol. The van der Waals surface area contributed by atoms with E-state index < -0.39 is 6.10 Å². The molecule has 2 N–H and O–H groups in total. The lowest BCUT2D eigenvalue weighted by Crippen LogP contribution is -2.30. The van der Waals surface area contributed by atoms with Gasteiger partial charge >= 0.3 is 0 Å². The van der Waals surface area contributed by atoms with Crippen molar-refractivity contribution in [3.63, 3.8) is 0 Å². The van der Waals surface area contributed by atoms with Crippen molar-refractivity contribution in [3.8, 4) is 5.75 Å². The number of nitrogens with one attached hydrogen (secondary N) is 2.